The lowest BCUT2D eigenvalue weighted by atomic mass is 10.5. The first-order chi connectivity index (χ1) is 5.95. The van der Waals surface area contributed by atoms with E-state index >= 15 is 0 Å². The van der Waals surface area contributed by atoms with Gasteiger partial charge in [-0.15, -0.1) is 0 Å². The van der Waals surface area contributed by atoms with Crippen molar-refractivity contribution in [3.05, 3.63) is 11.8 Å². The Morgan fingerprint density at radius 1 is 1.42 bits per heavy atom. The Labute approximate surface area is 75.6 Å². The van der Waals surface area contributed by atoms with E-state index in [9.17, 15) is 0 Å². The molecule has 2 heterocycles. The highest BCUT2D eigenvalue weighted by Gasteiger charge is 2.12. The first kappa shape index (κ1) is 8.13. The molecular weight excluding hydrogens is 170 g/mol. The standard InChI is InChI=1S/C8H14N3S/c1-2-10-11-8(1)7-12-5-3-9-4-6-12/h1-2,9,12H,3-7H2. The molecule has 12 heavy (non-hydrogen) atoms. The van der Waals surface area contributed by atoms with Crippen molar-refractivity contribution < 1.29 is 0 Å². The molecule has 4 heteroatoms. The second-order valence-corrected chi connectivity index (χ2v) is 5.60. The van der Waals surface area contributed by atoms with Crippen molar-refractivity contribution in [2.75, 3.05) is 30.3 Å². The molecule has 0 amide bonds. The molecule has 0 spiro atoms. The summed E-state index contributed by atoms with van der Waals surface area (Å²) in [5.74, 6) is 3.88. The van der Waals surface area contributed by atoms with Crippen LogP contribution in [0.2, 0.25) is 0 Å². The van der Waals surface area contributed by atoms with Gasteiger partial charge in [-0.25, -0.2) is 10.9 Å². The molecule has 1 radical (unpaired) electrons. The molecule has 3 nitrogen and oxygen atoms in total. The van der Waals surface area contributed by atoms with Gasteiger partial charge in [-0.1, -0.05) is 0 Å². The molecule has 2 aliphatic heterocycles. The smallest absolute Gasteiger partial charge is 0.0728 e. The molecule has 2 aliphatic rings. The maximum absolute atomic E-state index is 4.06. The zero-order valence-corrected chi connectivity index (χ0v) is 7.93. The molecular formula is C8H14N3S. The monoisotopic (exact) mass is 184 g/mol. The van der Waals surface area contributed by atoms with Crippen molar-refractivity contribution in [3.8, 4) is 0 Å². The fourth-order valence-corrected chi connectivity index (χ4v) is 3.56. The lowest BCUT2D eigenvalue weighted by Gasteiger charge is -2.26. The minimum absolute atomic E-state index is 0.213. The van der Waals surface area contributed by atoms with Gasteiger partial charge in [0.1, 0.15) is 0 Å². The predicted molar refractivity (Wildman–Crippen MR) is 55.2 cm³/mol. The molecule has 1 fully saturated rings. The van der Waals surface area contributed by atoms with Crippen LogP contribution in [0.1, 0.15) is 0 Å². The number of rotatable bonds is 2. The van der Waals surface area contributed by atoms with Crippen molar-refractivity contribution in [1.82, 2.24) is 10.7 Å². The van der Waals surface area contributed by atoms with E-state index in [2.05, 4.69) is 15.8 Å². The second-order valence-electron chi connectivity index (χ2n) is 3.05. The summed E-state index contributed by atoms with van der Waals surface area (Å²) in [6, 6.07) is 0. The number of hydrogen-bond donors (Lipinski definition) is 2. The highest BCUT2D eigenvalue weighted by molar-refractivity contribution is 8.17. The van der Waals surface area contributed by atoms with E-state index in [0.717, 1.165) is 0 Å². The molecule has 1 N–H and O–H groups in total. The van der Waals surface area contributed by atoms with Crippen LogP contribution in [0.15, 0.2) is 16.9 Å². The first-order valence-corrected chi connectivity index (χ1v) is 6.21. The number of hydrogen-bond acceptors (Lipinski definition) is 2. The molecule has 0 aliphatic carbocycles. The van der Waals surface area contributed by atoms with Crippen LogP contribution in [0.4, 0.5) is 0 Å². The van der Waals surface area contributed by atoms with Gasteiger partial charge in [0, 0.05) is 18.8 Å². The van der Waals surface area contributed by atoms with Gasteiger partial charge in [0.15, 0.2) is 0 Å². The topological polar surface area (TPSA) is 38.5 Å². The van der Waals surface area contributed by atoms with Crippen LogP contribution in [0.25, 0.3) is 0 Å². The SMILES string of the molecule is C1=N[N]C(C[SH]2CCNCC2)=C1. The van der Waals surface area contributed by atoms with Crippen LogP contribution in [0, 0.1) is 0 Å². The molecule has 0 aromatic rings. The van der Waals surface area contributed by atoms with E-state index in [1.807, 2.05) is 6.08 Å². The van der Waals surface area contributed by atoms with E-state index in [0.29, 0.717) is 0 Å². The Hall–Kier alpha value is -0.480. The molecule has 0 saturated carbocycles. The highest BCUT2D eigenvalue weighted by Crippen LogP contribution is 2.28. The molecule has 0 aromatic carbocycles. The Balaban J connectivity index is 1.78. The Kier molecular flexibility index (Phi) is 2.68. The van der Waals surface area contributed by atoms with E-state index in [1.165, 1.54) is 36.0 Å². The second kappa shape index (κ2) is 3.96. The van der Waals surface area contributed by atoms with Gasteiger partial charge >= 0.3 is 0 Å². The van der Waals surface area contributed by atoms with Crippen LogP contribution in [-0.2, 0) is 0 Å². The van der Waals surface area contributed by atoms with Gasteiger partial charge in [0.2, 0.25) is 0 Å². The molecule has 0 unspecified atom stereocenters. The molecule has 2 rings (SSSR count). The molecule has 0 bridgehead atoms. The third kappa shape index (κ3) is 2.01. The first-order valence-electron chi connectivity index (χ1n) is 4.31. The normalized spacial score (nSPS) is 25.3. The van der Waals surface area contributed by atoms with Crippen LogP contribution in [0.3, 0.4) is 0 Å². The summed E-state index contributed by atoms with van der Waals surface area (Å²) in [6.45, 7) is 2.39. The fourth-order valence-electron chi connectivity index (χ4n) is 1.44. The third-order valence-electron chi connectivity index (χ3n) is 2.11. The van der Waals surface area contributed by atoms with Gasteiger partial charge in [0.05, 0.1) is 11.9 Å². The van der Waals surface area contributed by atoms with Gasteiger partial charge in [-0.3, -0.25) is 0 Å². The fraction of sp³-hybridized carbons (Fsp3) is 0.625. The maximum atomic E-state index is 4.06. The minimum atomic E-state index is 0.213. The Morgan fingerprint density at radius 3 is 2.92 bits per heavy atom. The summed E-state index contributed by atoms with van der Waals surface area (Å²) >= 11 is 0. The Bertz CT molecular complexity index is 206. The molecule has 1 saturated heterocycles. The zero-order valence-electron chi connectivity index (χ0n) is 7.03. The highest BCUT2D eigenvalue weighted by atomic mass is 32.2. The van der Waals surface area contributed by atoms with Crippen LogP contribution >= 0.6 is 10.9 Å². The predicted octanol–water partition coefficient (Wildman–Crippen LogP) is 0.0785. The summed E-state index contributed by atoms with van der Waals surface area (Å²) < 4.78 is 0. The van der Waals surface area contributed by atoms with E-state index in [4.69, 9.17) is 0 Å². The number of nitrogens with one attached hydrogen (secondary N) is 1. The summed E-state index contributed by atoms with van der Waals surface area (Å²) in [7, 11) is 0.213. The summed E-state index contributed by atoms with van der Waals surface area (Å²) in [4.78, 5) is 0. The largest absolute Gasteiger partial charge is 0.315 e. The van der Waals surface area contributed by atoms with Gasteiger partial charge in [-0.2, -0.15) is 10.5 Å². The van der Waals surface area contributed by atoms with Crippen LogP contribution in [0.5, 0.6) is 0 Å². The third-order valence-corrected chi connectivity index (χ3v) is 4.60. The zero-order chi connectivity index (χ0) is 8.23. The Morgan fingerprint density at radius 2 is 2.25 bits per heavy atom. The lowest BCUT2D eigenvalue weighted by molar-refractivity contribution is 0.750. The maximum Gasteiger partial charge on any atom is 0.0728 e. The van der Waals surface area contributed by atoms with Gasteiger partial charge in [0.25, 0.3) is 0 Å². The van der Waals surface area contributed by atoms with Crippen molar-refractivity contribution in [1.29, 1.82) is 0 Å². The van der Waals surface area contributed by atoms with Crippen molar-refractivity contribution >= 4 is 17.1 Å². The van der Waals surface area contributed by atoms with E-state index < -0.39 is 0 Å². The van der Waals surface area contributed by atoms with Crippen LogP contribution in [-0.4, -0.2) is 36.6 Å². The van der Waals surface area contributed by atoms with Crippen molar-refractivity contribution in [3.63, 3.8) is 0 Å². The van der Waals surface area contributed by atoms with Gasteiger partial charge in [-0.05, 0) is 17.6 Å². The summed E-state index contributed by atoms with van der Waals surface area (Å²) in [5.41, 5.74) is 5.24. The minimum Gasteiger partial charge on any atom is -0.315 e. The van der Waals surface area contributed by atoms with E-state index in [-0.39, 0.29) is 10.9 Å². The number of thiol groups is 1. The quantitative estimate of drug-likeness (QED) is 0.586. The van der Waals surface area contributed by atoms with Crippen molar-refractivity contribution in [2.45, 2.75) is 0 Å². The summed E-state index contributed by atoms with van der Waals surface area (Å²) in [5, 5.41) is 7.21. The lowest BCUT2D eigenvalue weighted by Crippen LogP contribution is -2.29. The molecule has 0 atom stereocenters. The summed E-state index contributed by atoms with van der Waals surface area (Å²) in [6.07, 6.45) is 3.82. The number of allylic oxidation sites excluding steroid dienone is 1. The number of nitrogens with zero attached hydrogens (tertiary/aromatic N) is 2. The average molecular weight is 184 g/mol. The van der Waals surface area contributed by atoms with Crippen molar-refractivity contribution in [2.24, 2.45) is 5.10 Å². The van der Waals surface area contributed by atoms with Crippen LogP contribution < -0.4 is 10.7 Å². The van der Waals surface area contributed by atoms with E-state index in [1.54, 1.807) is 6.21 Å². The molecule has 0 aromatic heterocycles. The molecule has 67 valence electrons. The average Bonchev–Trinajstić information content (AvgIpc) is 2.59. The van der Waals surface area contributed by atoms with Gasteiger partial charge < -0.3 is 5.32 Å².